The van der Waals surface area contributed by atoms with Gasteiger partial charge in [0.25, 0.3) is 0 Å². The third kappa shape index (κ3) is 3.18. The van der Waals surface area contributed by atoms with E-state index in [0.29, 0.717) is 12.1 Å². The summed E-state index contributed by atoms with van der Waals surface area (Å²) >= 11 is 0. The number of rotatable bonds is 4. The third-order valence-electron chi connectivity index (χ3n) is 2.71. The van der Waals surface area contributed by atoms with Gasteiger partial charge in [-0.2, -0.15) is 5.10 Å². The van der Waals surface area contributed by atoms with Crippen molar-refractivity contribution in [3.05, 3.63) is 47.5 Å². The summed E-state index contributed by atoms with van der Waals surface area (Å²) in [6.45, 7) is 0.482. The van der Waals surface area contributed by atoms with Crippen LogP contribution in [-0.4, -0.2) is 24.5 Å². The van der Waals surface area contributed by atoms with Gasteiger partial charge in [0.1, 0.15) is 10.7 Å². The zero-order valence-corrected chi connectivity index (χ0v) is 11.2. The summed E-state index contributed by atoms with van der Waals surface area (Å²) in [7, 11) is -3.26. The predicted octanol–water partition coefficient (Wildman–Crippen LogP) is 0.933. The molecular formula is C12H14FN3O2S. The van der Waals surface area contributed by atoms with Crippen LogP contribution in [0.15, 0.2) is 35.5 Å². The van der Waals surface area contributed by atoms with Gasteiger partial charge in [-0.1, -0.05) is 6.07 Å². The maximum atomic E-state index is 13.3. The molecule has 0 saturated heterocycles. The molecule has 0 aliphatic rings. The minimum Gasteiger partial charge on any atom is -0.326 e. The van der Waals surface area contributed by atoms with E-state index in [4.69, 9.17) is 5.73 Å². The number of nitrogens with zero attached hydrogens (tertiary/aromatic N) is 2. The Morgan fingerprint density at radius 1 is 1.42 bits per heavy atom. The normalized spacial score (nSPS) is 11.7. The van der Waals surface area contributed by atoms with Crippen LogP contribution >= 0.6 is 0 Å². The van der Waals surface area contributed by atoms with E-state index in [1.165, 1.54) is 23.1 Å². The van der Waals surface area contributed by atoms with Gasteiger partial charge in [0.05, 0.1) is 12.7 Å². The molecule has 0 aliphatic heterocycles. The van der Waals surface area contributed by atoms with Crippen LogP contribution in [0.2, 0.25) is 0 Å². The van der Waals surface area contributed by atoms with Crippen molar-refractivity contribution in [1.29, 1.82) is 0 Å². The van der Waals surface area contributed by atoms with Crippen LogP contribution in [0.5, 0.6) is 0 Å². The third-order valence-corrected chi connectivity index (χ3v) is 3.78. The van der Waals surface area contributed by atoms with E-state index in [1.807, 2.05) is 0 Å². The Morgan fingerprint density at radius 2 is 2.16 bits per heavy atom. The van der Waals surface area contributed by atoms with Gasteiger partial charge in [-0.05, 0) is 17.7 Å². The summed E-state index contributed by atoms with van der Waals surface area (Å²) in [5.74, 6) is -0.344. The van der Waals surface area contributed by atoms with Crippen LogP contribution in [0.25, 0.3) is 0 Å². The van der Waals surface area contributed by atoms with E-state index < -0.39 is 9.84 Å². The first kappa shape index (κ1) is 13.7. The maximum Gasteiger partial charge on any atom is 0.178 e. The number of hydrogen-bond acceptors (Lipinski definition) is 4. The van der Waals surface area contributed by atoms with Crippen molar-refractivity contribution in [3.8, 4) is 0 Å². The highest BCUT2D eigenvalue weighted by atomic mass is 32.2. The van der Waals surface area contributed by atoms with E-state index in [-0.39, 0.29) is 17.3 Å². The molecule has 0 saturated carbocycles. The Bertz CT molecular complexity index is 695. The molecule has 2 rings (SSSR count). The standard InChI is InChI=1S/C12H14FN3O2S/c1-19(17,18)11-6-15-16(8-11)7-9-2-3-12(13)10(4-9)5-14/h2-4,6,8H,5,7,14H2,1H3. The summed E-state index contributed by atoms with van der Waals surface area (Å²) in [5, 5.41) is 3.97. The number of benzene rings is 1. The zero-order valence-electron chi connectivity index (χ0n) is 10.4. The summed E-state index contributed by atoms with van der Waals surface area (Å²) in [6, 6.07) is 4.62. The average Bonchev–Trinajstić information content (AvgIpc) is 2.80. The van der Waals surface area contributed by atoms with Crippen molar-refractivity contribution in [2.24, 2.45) is 5.73 Å². The Labute approximate surface area is 110 Å². The fraction of sp³-hybridized carbons (Fsp3) is 0.250. The van der Waals surface area contributed by atoms with E-state index >= 15 is 0 Å². The van der Waals surface area contributed by atoms with Gasteiger partial charge in [-0.15, -0.1) is 0 Å². The van der Waals surface area contributed by atoms with Gasteiger partial charge < -0.3 is 5.73 Å². The van der Waals surface area contributed by atoms with Crippen molar-refractivity contribution in [2.45, 2.75) is 18.0 Å². The molecule has 0 radical (unpaired) electrons. The highest BCUT2D eigenvalue weighted by molar-refractivity contribution is 7.90. The molecule has 2 N–H and O–H groups in total. The summed E-state index contributed by atoms with van der Waals surface area (Å²) in [4.78, 5) is 0.161. The number of nitrogens with two attached hydrogens (primary N) is 1. The first-order valence-electron chi connectivity index (χ1n) is 5.60. The molecule has 0 amide bonds. The Hall–Kier alpha value is -1.73. The lowest BCUT2D eigenvalue weighted by molar-refractivity contribution is 0.601. The van der Waals surface area contributed by atoms with Gasteiger partial charge >= 0.3 is 0 Å². The summed E-state index contributed by atoms with van der Waals surface area (Å²) < 4.78 is 37.4. The molecule has 0 unspecified atom stereocenters. The van der Waals surface area contributed by atoms with Crippen molar-refractivity contribution < 1.29 is 12.8 Å². The average molecular weight is 283 g/mol. The van der Waals surface area contributed by atoms with Gasteiger partial charge in [0, 0.05) is 24.6 Å². The molecule has 5 nitrogen and oxygen atoms in total. The highest BCUT2D eigenvalue weighted by Crippen LogP contribution is 2.12. The fourth-order valence-electron chi connectivity index (χ4n) is 1.69. The molecule has 2 aromatic rings. The number of aromatic nitrogens is 2. The first-order chi connectivity index (χ1) is 8.90. The van der Waals surface area contributed by atoms with Crippen molar-refractivity contribution in [3.63, 3.8) is 0 Å². The smallest absolute Gasteiger partial charge is 0.178 e. The van der Waals surface area contributed by atoms with Crippen LogP contribution < -0.4 is 5.73 Å². The molecule has 0 spiro atoms. The Balaban J connectivity index is 2.24. The first-order valence-corrected chi connectivity index (χ1v) is 7.49. The Kier molecular flexibility index (Phi) is 3.68. The lowest BCUT2D eigenvalue weighted by Crippen LogP contribution is -2.04. The minimum absolute atomic E-state index is 0.118. The van der Waals surface area contributed by atoms with E-state index in [2.05, 4.69) is 5.10 Å². The summed E-state index contributed by atoms with van der Waals surface area (Å²) in [5.41, 5.74) is 6.67. The van der Waals surface area contributed by atoms with Gasteiger partial charge in [0.2, 0.25) is 0 Å². The molecule has 0 aliphatic carbocycles. The van der Waals surface area contributed by atoms with Crippen molar-refractivity contribution >= 4 is 9.84 Å². The molecule has 7 heteroatoms. The summed E-state index contributed by atoms with van der Waals surface area (Å²) in [6.07, 6.45) is 3.86. The van der Waals surface area contributed by atoms with Gasteiger partial charge in [-0.25, -0.2) is 12.8 Å². The van der Waals surface area contributed by atoms with Crippen LogP contribution in [0.1, 0.15) is 11.1 Å². The van der Waals surface area contributed by atoms with Crippen molar-refractivity contribution in [1.82, 2.24) is 9.78 Å². The lowest BCUT2D eigenvalue weighted by atomic mass is 10.1. The van der Waals surface area contributed by atoms with Crippen LogP contribution in [0.4, 0.5) is 4.39 Å². The van der Waals surface area contributed by atoms with Crippen LogP contribution in [0.3, 0.4) is 0 Å². The molecule has 1 aromatic heterocycles. The molecule has 0 fully saturated rings. The molecule has 1 aromatic carbocycles. The highest BCUT2D eigenvalue weighted by Gasteiger charge is 2.10. The van der Waals surface area contributed by atoms with Crippen LogP contribution in [0, 0.1) is 5.82 Å². The van der Waals surface area contributed by atoms with Crippen molar-refractivity contribution in [2.75, 3.05) is 6.26 Å². The predicted molar refractivity (Wildman–Crippen MR) is 68.7 cm³/mol. The van der Waals surface area contributed by atoms with Gasteiger partial charge in [-0.3, -0.25) is 4.68 Å². The van der Waals surface area contributed by atoms with E-state index in [9.17, 15) is 12.8 Å². The molecular weight excluding hydrogens is 269 g/mol. The number of sulfone groups is 1. The van der Waals surface area contributed by atoms with E-state index in [1.54, 1.807) is 12.1 Å². The number of hydrogen-bond donors (Lipinski definition) is 1. The zero-order chi connectivity index (χ0) is 14.0. The molecule has 19 heavy (non-hydrogen) atoms. The lowest BCUT2D eigenvalue weighted by Gasteiger charge is -2.05. The quantitative estimate of drug-likeness (QED) is 0.905. The molecule has 102 valence electrons. The topological polar surface area (TPSA) is 78.0 Å². The van der Waals surface area contributed by atoms with E-state index in [0.717, 1.165) is 11.8 Å². The van der Waals surface area contributed by atoms with Crippen LogP contribution in [-0.2, 0) is 22.9 Å². The molecule has 1 heterocycles. The molecule has 0 atom stereocenters. The fourth-order valence-corrected chi connectivity index (χ4v) is 2.24. The minimum atomic E-state index is -3.26. The van der Waals surface area contributed by atoms with Gasteiger partial charge in [0.15, 0.2) is 9.84 Å². The monoisotopic (exact) mass is 283 g/mol. The number of halogens is 1. The maximum absolute atomic E-state index is 13.3. The molecule has 0 bridgehead atoms. The largest absolute Gasteiger partial charge is 0.326 e. The second-order valence-electron chi connectivity index (χ2n) is 4.28. The SMILES string of the molecule is CS(=O)(=O)c1cnn(Cc2ccc(F)c(CN)c2)c1. The Morgan fingerprint density at radius 3 is 2.74 bits per heavy atom. The second kappa shape index (κ2) is 5.10. The second-order valence-corrected chi connectivity index (χ2v) is 6.29.